The van der Waals surface area contributed by atoms with Crippen molar-refractivity contribution >= 4 is 28.1 Å². The molecule has 0 unspecified atom stereocenters. The topological polar surface area (TPSA) is 65.1 Å². The predicted molar refractivity (Wildman–Crippen MR) is 88.7 cm³/mol. The summed E-state index contributed by atoms with van der Waals surface area (Å²) in [7, 11) is 0. The Labute approximate surface area is 136 Å². The Hall–Kier alpha value is -1.67. The zero-order chi connectivity index (χ0) is 15.7. The molecule has 0 radical (unpaired) electrons. The standard InChI is InChI=1S/C14H17N5OS2/c1-4-18-12(9(2)3)16-17-14(18)22-8-10-7-11(20)19-5-6-21-13(19)15-10/h5-7,9H,4,8H2,1-3H3. The van der Waals surface area contributed by atoms with Crippen molar-refractivity contribution < 1.29 is 0 Å². The first-order valence-electron chi connectivity index (χ1n) is 7.11. The van der Waals surface area contributed by atoms with E-state index in [0.29, 0.717) is 11.7 Å². The predicted octanol–water partition coefficient (Wildman–Crippen LogP) is 2.78. The summed E-state index contributed by atoms with van der Waals surface area (Å²) in [4.78, 5) is 17.2. The molecule has 0 aliphatic heterocycles. The van der Waals surface area contributed by atoms with Crippen LogP contribution in [0, 0.1) is 0 Å². The quantitative estimate of drug-likeness (QED) is 0.671. The van der Waals surface area contributed by atoms with Crippen molar-refractivity contribution in [3.8, 4) is 0 Å². The first-order chi connectivity index (χ1) is 10.6. The van der Waals surface area contributed by atoms with Gasteiger partial charge in [-0.25, -0.2) is 4.98 Å². The molecule has 0 fully saturated rings. The number of nitrogens with zero attached hydrogens (tertiary/aromatic N) is 5. The van der Waals surface area contributed by atoms with E-state index in [0.717, 1.165) is 28.2 Å². The van der Waals surface area contributed by atoms with Gasteiger partial charge >= 0.3 is 0 Å². The zero-order valence-electron chi connectivity index (χ0n) is 12.7. The lowest BCUT2D eigenvalue weighted by Crippen LogP contribution is -2.12. The third-order valence-electron chi connectivity index (χ3n) is 3.28. The molecule has 3 aromatic rings. The van der Waals surface area contributed by atoms with Crippen molar-refractivity contribution in [3.63, 3.8) is 0 Å². The SMILES string of the molecule is CCn1c(SCc2cc(=O)n3ccsc3n2)nnc1C(C)C. The minimum absolute atomic E-state index is 0.0401. The lowest BCUT2D eigenvalue weighted by atomic mass is 10.2. The van der Waals surface area contributed by atoms with Crippen molar-refractivity contribution in [1.29, 1.82) is 0 Å². The highest BCUT2D eigenvalue weighted by Gasteiger charge is 2.14. The van der Waals surface area contributed by atoms with E-state index < -0.39 is 0 Å². The van der Waals surface area contributed by atoms with E-state index in [1.54, 1.807) is 28.4 Å². The molecule has 0 aromatic carbocycles. The maximum atomic E-state index is 12.0. The van der Waals surface area contributed by atoms with E-state index in [1.165, 1.54) is 11.3 Å². The highest BCUT2D eigenvalue weighted by molar-refractivity contribution is 7.98. The van der Waals surface area contributed by atoms with Gasteiger partial charge < -0.3 is 4.57 Å². The van der Waals surface area contributed by atoms with Crippen LogP contribution in [0.15, 0.2) is 27.6 Å². The molecule has 116 valence electrons. The maximum Gasteiger partial charge on any atom is 0.258 e. The van der Waals surface area contributed by atoms with Crippen LogP contribution in [0.5, 0.6) is 0 Å². The van der Waals surface area contributed by atoms with Crippen molar-refractivity contribution in [1.82, 2.24) is 24.1 Å². The number of fused-ring (bicyclic) bond motifs is 1. The zero-order valence-corrected chi connectivity index (χ0v) is 14.3. The van der Waals surface area contributed by atoms with Crippen molar-refractivity contribution in [2.24, 2.45) is 0 Å². The Morgan fingerprint density at radius 2 is 2.18 bits per heavy atom. The van der Waals surface area contributed by atoms with Crippen LogP contribution in [0.4, 0.5) is 0 Å². The summed E-state index contributed by atoms with van der Waals surface area (Å²) in [5.41, 5.74) is 0.732. The van der Waals surface area contributed by atoms with Gasteiger partial charge in [-0.1, -0.05) is 25.6 Å². The van der Waals surface area contributed by atoms with Crippen LogP contribution in [-0.4, -0.2) is 24.1 Å². The molecule has 0 amide bonds. The number of rotatable bonds is 5. The van der Waals surface area contributed by atoms with Crippen molar-refractivity contribution in [2.45, 2.75) is 44.1 Å². The smallest absolute Gasteiger partial charge is 0.258 e. The number of aromatic nitrogens is 5. The Balaban J connectivity index is 1.83. The van der Waals surface area contributed by atoms with Gasteiger partial charge in [-0.2, -0.15) is 0 Å². The summed E-state index contributed by atoms with van der Waals surface area (Å²) in [6, 6.07) is 1.59. The Morgan fingerprint density at radius 1 is 1.36 bits per heavy atom. The molecule has 3 aromatic heterocycles. The summed E-state index contributed by atoms with van der Waals surface area (Å²) in [6.07, 6.45) is 1.74. The summed E-state index contributed by atoms with van der Waals surface area (Å²) >= 11 is 3.03. The van der Waals surface area contributed by atoms with Gasteiger partial charge in [0.2, 0.25) is 0 Å². The van der Waals surface area contributed by atoms with Gasteiger partial charge in [0.05, 0.1) is 5.69 Å². The first kappa shape index (κ1) is 15.2. The second-order valence-corrected chi connectivity index (χ2v) is 6.99. The van der Waals surface area contributed by atoms with Crippen molar-refractivity contribution in [2.75, 3.05) is 0 Å². The summed E-state index contributed by atoms with van der Waals surface area (Å²) < 4.78 is 3.68. The van der Waals surface area contributed by atoms with E-state index in [1.807, 2.05) is 5.38 Å². The number of thiazole rings is 1. The second-order valence-electron chi connectivity index (χ2n) is 5.17. The molecule has 22 heavy (non-hydrogen) atoms. The van der Waals surface area contributed by atoms with Gasteiger partial charge in [-0.15, -0.1) is 21.5 Å². The Bertz CT molecular complexity index is 848. The molecule has 0 atom stereocenters. The molecular formula is C14H17N5OS2. The van der Waals surface area contributed by atoms with Crippen molar-refractivity contribution in [3.05, 3.63) is 39.5 Å². The molecule has 0 N–H and O–H groups in total. The normalized spacial score (nSPS) is 11.6. The third kappa shape index (κ3) is 2.80. The molecule has 6 nitrogen and oxygen atoms in total. The van der Waals surface area contributed by atoms with E-state index in [9.17, 15) is 4.79 Å². The highest BCUT2D eigenvalue weighted by Crippen LogP contribution is 2.24. The molecule has 0 saturated carbocycles. The van der Waals surface area contributed by atoms with Gasteiger partial charge in [0.25, 0.3) is 5.56 Å². The van der Waals surface area contributed by atoms with Crippen LogP contribution in [-0.2, 0) is 12.3 Å². The fourth-order valence-electron chi connectivity index (χ4n) is 2.23. The molecule has 8 heteroatoms. The molecule has 0 bridgehead atoms. The molecular weight excluding hydrogens is 318 g/mol. The van der Waals surface area contributed by atoms with Gasteiger partial charge in [-0.3, -0.25) is 9.20 Å². The largest absolute Gasteiger partial charge is 0.306 e. The minimum atomic E-state index is -0.0401. The Morgan fingerprint density at radius 3 is 2.91 bits per heavy atom. The average Bonchev–Trinajstić information content (AvgIpc) is 3.11. The van der Waals surface area contributed by atoms with Gasteiger partial charge in [0, 0.05) is 35.9 Å². The minimum Gasteiger partial charge on any atom is -0.306 e. The van der Waals surface area contributed by atoms with Crippen LogP contribution < -0.4 is 5.56 Å². The molecule has 0 aliphatic carbocycles. The van der Waals surface area contributed by atoms with E-state index in [2.05, 4.69) is 40.5 Å². The van der Waals surface area contributed by atoms with Crippen LogP contribution >= 0.6 is 23.1 Å². The molecule has 0 saturated heterocycles. The number of hydrogen-bond donors (Lipinski definition) is 0. The molecule has 3 heterocycles. The summed E-state index contributed by atoms with van der Waals surface area (Å²) in [6.45, 7) is 7.14. The fraction of sp³-hybridized carbons (Fsp3) is 0.429. The van der Waals surface area contributed by atoms with Gasteiger partial charge in [-0.05, 0) is 6.92 Å². The number of hydrogen-bond acceptors (Lipinski definition) is 6. The Kier molecular flexibility index (Phi) is 4.30. The highest BCUT2D eigenvalue weighted by atomic mass is 32.2. The number of thioether (sulfide) groups is 1. The monoisotopic (exact) mass is 335 g/mol. The van der Waals surface area contributed by atoms with Crippen LogP contribution in [0.2, 0.25) is 0 Å². The van der Waals surface area contributed by atoms with E-state index in [4.69, 9.17) is 0 Å². The van der Waals surface area contributed by atoms with Crippen LogP contribution in [0.1, 0.15) is 38.2 Å². The molecule has 0 spiro atoms. The lowest BCUT2D eigenvalue weighted by molar-refractivity contribution is 0.613. The van der Waals surface area contributed by atoms with Gasteiger partial charge in [0.15, 0.2) is 10.1 Å². The third-order valence-corrected chi connectivity index (χ3v) is 5.04. The van der Waals surface area contributed by atoms with Gasteiger partial charge in [0.1, 0.15) is 5.82 Å². The van der Waals surface area contributed by atoms with E-state index in [-0.39, 0.29) is 5.56 Å². The molecule has 3 rings (SSSR count). The molecule has 0 aliphatic rings. The summed E-state index contributed by atoms with van der Waals surface area (Å²) in [5, 5.41) is 11.3. The maximum absolute atomic E-state index is 12.0. The van der Waals surface area contributed by atoms with E-state index >= 15 is 0 Å². The fourth-order valence-corrected chi connectivity index (χ4v) is 3.87. The average molecular weight is 335 g/mol. The summed E-state index contributed by atoms with van der Waals surface area (Å²) in [5.74, 6) is 1.94. The van der Waals surface area contributed by atoms with Crippen LogP contribution in [0.25, 0.3) is 4.96 Å². The second kappa shape index (κ2) is 6.21. The first-order valence-corrected chi connectivity index (χ1v) is 8.98. The lowest BCUT2D eigenvalue weighted by Gasteiger charge is -2.08. The van der Waals surface area contributed by atoms with Crippen LogP contribution in [0.3, 0.4) is 0 Å².